The SMILES string of the molecule is CN=C(NCc1ccc(CN2CCCC2)cc1)NCc1ncc(C(C)(C)C)o1. The number of oxazole rings is 1. The maximum atomic E-state index is 5.81. The van der Waals surface area contributed by atoms with E-state index in [1.165, 1.54) is 37.1 Å². The van der Waals surface area contributed by atoms with Gasteiger partial charge in [-0.2, -0.15) is 0 Å². The van der Waals surface area contributed by atoms with Gasteiger partial charge in [0.25, 0.3) is 0 Å². The van der Waals surface area contributed by atoms with Crippen molar-refractivity contribution in [1.29, 1.82) is 0 Å². The summed E-state index contributed by atoms with van der Waals surface area (Å²) in [5, 5.41) is 6.60. The number of likely N-dealkylation sites (tertiary alicyclic amines) is 1. The Hall–Kier alpha value is -2.34. The fraction of sp³-hybridized carbons (Fsp3) is 0.545. The molecule has 6 nitrogen and oxygen atoms in total. The predicted molar refractivity (Wildman–Crippen MR) is 113 cm³/mol. The second-order valence-corrected chi connectivity index (χ2v) is 8.45. The molecule has 0 saturated carbocycles. The molecule has 1 fully saturated rings. The second kappa shape index (κ2) is 9.24. The Morgan fingerprint density at radius 2 is 1.71 bits per heavy atom. The van der Waals surface area contributed by atoms with Gasteiger partial charge in [-0.1, -0.05) is 45.0 Å². The van der Waals surface area contributed by atoms with Gasteiger partial charge in [-0.05, 0) is 37.1 Å². The summed E-state index contributed by atoms with van der Waals surface area (Å²) in [6.45, 7) is 11.1. The minimum atomic E-state index is -0.0356. The van der Waals surface area contributed by atoms with Crippen LogP contribution >= 0.6 is 0 Å². The summed E-state index contributed by atoms with van der Waals surface area (Å²) in [5.74, 6) is 2.29. The normalized spacial score (nSPS) is 15.8. The van der Waals surface area contributed by atoms with Crippen molar-refractivity contribution >= 4 is 5.96 Å². The fourth-order valence-corrected chi connectivity index (χ4v) is 3.27. The second-order valence-electron chi connectivity index (χ2n) is 8.45. The monoisotopic (exact) mass is 383 g/mol. The highest BCUT2D eigenvalue weighted by Crippen LogP contribution is 2.22. The van der Waals surface area contributed by atoms with Crippen molar-refractivity contribution in [3.05, 3.63) is 53.2 Å². The molecule has 28 heavy (non-hydrogen) atoms. The molecule has 3 rings (SSSR count). The number of aromatic nitrogens is 1. The molecule has 2 N–H and O–H groups in total. The van der Waals surface area contributed by atoms with E-state index < -0.39 is 0 Å². The van der Waals surface area contributed by atoms with E-state index in [1.807, 2.05) is 0 Å². The third-order valence-electron chi connectivity index (χ3n) is 5.01. The number of guanidine groups is 1. The number of hydrogen-bond donors (Lipinski definition) is 2. The molecule has 0 spiro atoms. The first kappa shape index (κ1) is 20.4. The molecule has 1 saturated heterocycles. The van der Waals surface area contributed by atoms with Crippen molar-refractivity contribution in [2.45, 2.75) is 58.7 Å². The van der Waals surface area contributed by atoms with Gasteiger partial charge in [0.15, 0.2) is 5.96 Å². The van der Waals surface area contributed by atoms with Crippen LogP contribution in [0.5, 0.6) is 0 Å². The first-order chi connectivity index (χ1) is 13.4. The molecule has 1 aliphatic heterocycles. The zero-order chi connectivity index (χ0) is 20.0. The maximum Gasteiger partial charge on any atom is 0.213 e. The summed E-state index contributed by atoms with van der Waals surface area (Å²) in [6.07, 6.45) is 4.47. The Morgan fingerprint density at radius 1 is 1.07 bits per heavy atom. The average molecular weight is 384 g/mol. The lowest BCUT2D eigenvalue weighted by molar-refractivity contribution is 0.331. The summed E-state index contributed by atoms with van der Waals surface area (Å²) < 4.78 is 5.81. The number of aliphatic imine (C=N–C) groups is 1. The molecule has 0 unspecified atom stereocenters. The molecule has 0 atom stereocenters. The number of nitrogens with zero attached hydrogens (tertiary/aromatic N) is 3. The molecule has 2 aromatic rings. The minimum Gasteiger partial charge on any atom is -0.443 e. The van der Waals surface area contributed by atoms with Crippen LogP contribution in [0.4, 0.5) is 0 Å². The van der Waals surface area contributed by atoms with Gasteiger partial charge in [0.05, 0.1) is 12.7 Å². The molecule has 2 heterocycles. The van der Waals surface area contributed by atoms with Crippen LogP contribution in [0.25, 0.3) is 0 Å². The molecule has 1 aliphatic rings. The van der Waals surface area contributed by atoms with Crippen LogP contribution in [0.3, 0.4) is 0 Å². The van der Waals surface area contributed by atoms with Crippen molar-refractivity contribution in [3.8, 4) is 0 Å². The van der Waals surface area contributed by atoms with Crippen LogP contribution in [0, 0.1) is 0 Å². The highest BCUT2D eigenvalue weighted by Gasteiger charge is 2.19. The van der Waals surface area contributed by atoms with Gasteiger partial charge in [0.1, 0.15) is 5.76 Å². The van der Waals surface area contributed by atoms with Crippen LogP contribution in [0.2, 0.25) is 0 Å². The molecule has 0 aliphatic carbocycles. The van der Waals surface area contributed by atoms with Gasteiger partial charge < -0.3 is 15.1 Å². The standard InChI is InChI=1S/C22H33N5O/c1-22(2,3)19-14-24-20(28-19)15-26-21(23-4)25-13-17-7-9-18(10-8-17)16-27-11-5-6-12-27/h7-10,14H,5-6,11-13,15-16H2,1-4H3,(H2,23,25,26). The molecule has 1 aromatic carbocycles. The van der Waals surface area contributed by atoms with Gasteiger partial charge in [0.2, 0.25) is 5.89 Å². The highest BCUT2D eigenvalue weighted by molar-refractivity contribution is 5.79. The van der Waals surface area contributed by atoms with Crippen LogP contribution in [0.15, 0.2) is 39.9 Å². The van der Waals surface area contributed by atoms with Crippen molar-refractivity contribution in [2.75, 3.05) is 20.1 Å². The Balaban J connectivity index is 1.45. The van der Waals surface area contributed by atoms with Gasteiger partial charge in [-0.15, -0.1) is 0 Å². The molecule has 0 radical (unpaired) electrons. The van der Waals surface area contributed by atoms with Crippen molar-refractivity contribution < 1.29 is 4.42 Å². The molecule has 6 heteroatoms. The van der Waals surface area contributed by atoms with Crippen LogP contribution in [-0.2, 0) is 25.0 Å². The Morgan fingerprint density at radius 3 is 2.32 bits per heavy atom. The quantitative estimate of drug-likeness (QED) is 0.591. The Kier molecular flexibility index (Phi) is 6.73. The van der Waals surface area contributed by atoms with Gasteiger partial charge >= 0.3 is 0 Å². The maximum absolute atomic E-state index is 5.81. The van der Waals surface area contributed by atoms with E-state index in [2.05, 4.69) is 70.5 Å². The van der Waals surface area contributed by atoms with E-state index in [-0.39, 0.29) is 5.41 Å². The molecule has 0 amide bonds. The lowest BCUT2D eigenvalue weighted by Crippen LogP contribution is -2.36. The third kappa shape index (κ3) is 5.83. The zero-order valence-electron chi connectivity index (χ0n) is 17.6. The minimum absolute atomic E-state index is 0.0356. The average Bonchev–Trinajstić information content (AvgIpc) is 3.35. The van der Waals surface area contributed by atoms with Gasteiger partial charge in [-0.3, -0.25) is 9.89 Å². The van der Waals surface area contributed by atoms with E-state index in [0.29, 0.717) is 12.4 Å². The van der Waals surface area contributed by atoms with Crippen LogP contribution < -0.4 is 10.6 Å². The van der Waals surface area contributed by atoms with E-state index in [4.69, 9.17) is 4.42 Å². The Labute approximate surface area is 168 Å². The number of rotatable bonds is 6. The van der Waals surface area contributed by atoms with Crippen LogP contribution in [-0.4, -0.2) is 36.0 Å². The topological polar surface area (TPSA) is 65.7 Å². The van der Waals surface area contributed by atoms with Gasteiger partial charge in [0, 0.05) is 25.6 Å². The molecular formula is C22H33N5O. The van der Waals surface area contributed by atoms with Crippen molar-refractivity contribution in [1.82, 2.24) is 20.5 Å². The predicted octanol–water partition coefficient (Wildman–Crippen LogP) is 3.43. The third-order valence-corrected chi connectivity index (χ3v) is 5.01. The zero-order valence-corrected chi connectivity index (χ0v) is 17.6. The van der Waals surface area contributed by atoms with E-state index in [9.17, 15) is 0 Å². The summed E-state index contributed by atoms with van der Waals surface area (Å²) in [4.78, 5) is 11.1. The Bertz CT molecular complexity index is 767. The summed E-state index contributed by atoms with van der Waals surface area (Å²) in [6, 6.07) is 8.84. The summed E-state index contributed by atoms with van der Waals surface area (Å²) in [7, 11) is 1.77. The van der Waals surface area contributed by atoms with Crippen LogP contribution in [0.1, 0.15) is 56.4 Å². The van der Waals surface area contributed by atoms with E-state index >= 15 is 0 Å². The highest BCUT2D eigenvalue weighted by atomic mass is 16.4. The summed E-state index contributed by atoms with van der Waals surface area (Å²) >= 11 is 0. The molecular weight excluding hydrogens is 350 g/mol. The fourth-order valence-electron chi connectivity index (χ4n) is 3.27. The number of benzene rings is 1. The largest absolute Gasteiger partial charge is 0.443 e. The first-order valence-electron chi connectivity index (χ1n) is 10.1. The smallest absolute Gasteiger partial charge is 0.213 e. The van der Waals surface area contributed by atoms with E-state index in [1.54, 1.807) is 13.2 Å². The number of hydrogen-bond acceptors (Lipinski definition) is 4. The molecule has 0 bridgehead atoms. The van der Waals surface area contributed by atoms with E-state index in [0.717, 1.165) is 24.8 Å². The number of nitrogens with one attached hydrogen (secondary N) is 2. The summed E-state index contributed by atoms with van der Waals surface area (Å²) in [5.41, 5.74) is 2.58. The first-order valence-corrected chi connectivity index (χ1v) is 10.1. The van der Waals surface area contributed by atoms with Crippen molar-refractivity contribution in [2.24, 2.45) is 4.99 Å². The lowest BCUT2D eigenvalue weighted by Gasteiger charge is -2.15. The molecule has 1 aromatic heterocycles. The van der Waals surface area contributed by atoms with Crippen molar-refractivity contribution in [3.63, 3.8) is 0 Å². The van der Waals surface area contributed by atoms with Gasteiger partial charge in [-0.25, -0.2) is 4.98 Å². The lowest BCUT2D eigenvalue weighted by atomic mass is 9.94. The molecule has 152 valence electrons.